The normalized spacial score (nSPS) is 17.9. The molecule has 3 N–H and O–H groups in total. The number of anilines is 2. The number of carbonyl (C=O) groups is 2. The highest BCUT2D eigenvalue weighted by atomic mass is 19.4. The molecular weight excluding hydrogens is 503 g/mol. The number of nitrogens with one attached hydrogen (secondary N) is 2. The number of alkyl halides is 3. The Labute approximate surface area is 217 Å². The predicted octanol–water partition coefficient (Wildman–Crippen LogP) is 2.79. The lowest BCUT2D eigenvalue weighted by Crippen LogP contribution is -2.57. The van der Waals surface area contributed by atoms with Gasteiger partial charge in [0.2, 0.25) is 11.7 Å². The molecular formula is C25H28F3N7O3. The number of halogens is 3. The van der Waals surface area contributed by atoms with Gasteiger partial charge in [-0.2, -0.15) is 18.4 Å². The van der Waals surface area contributed by atoms with Crippen LogP contribution in [-0.4, -0.2) is 65.8 Å². The van der Waals surface area contributed by atoms with Gasteiger partial charge < -0.3 is 25.5 Å². The second-order valence-corrected chi connectivity index (χ2v) is 9.37. The molecule has 2 saturated heterocycles. The number of carbonyl (C=O) groups excluding carboxylic acids is 1. The van der Waals surface area contributed by atoms with Crippen molar-refractivity contribution in [3.8, 4) is 6.07 Å². The molecule has 0 radical (unpaired) electrons. The van der Waals surface area contributed by atoms with Crippen molar-refractivity contribution < 1.29 is 27.9 Å². The maximum Gasteiger partial charge on any atom is 0.451 e. The molecule has 1 atom stereocenters. The summed E-state index contributed by atoms with van der Waals surface area (Å²) >= 11 is 0. The second-order valence-electron chi connectivity index (χ2n) is 9.37. The molecule has 2 fully saturated rings. The molecule has 2 amide bonds. The zero-order valence-electron chi connectivity index (χ0n) is 20.5. The van der Waals surface area contributed by atoms with Crippen molar-refractivity contribution in [1.82, 2.24) is 20.6 Å². The Morgan fingerprint density at radius 2 is 1.74 bits per heavy atom. The van der Waals surface area contributed by atoms with E-state index < -0.39 is 24.1 Å². The largest absolute Gasteiger partial charge is 0.465 e. The molecule has 1 unspecified atom stereocenters. The Bertz CT molecular complexity index is 1190. The Balaban J connectivity index is 1.40. The number of hydrogen-bond acceptors (Lipinski definition) is 7. The summed E-state index contributed by atoms with van der Waals surface area (Å²) in [6, 6.07) is 9.93. The number of hydrogen-bond donors (Lipinski definition) is 3. The number of benzene rings is 1. The van der Waals surface area contributed by atoms with E-state index in [0.717, 1.165) is 5.56 Å². The van der Waals surface area contributed by atoms with Crippen LogP contribution in [0.2, 0.25) is 0 Å². The minimum Gasteiger partial charge on any atom is -0.465 e. The van der Waals surface area contributed by atoms with Gasteiger partial charge in [-0.1, -0.05) is 12.1 Å². The van der Waals surface area contributed by atoms with Crippen LogP contribution in [-0.2, 0) is 17.4 Å². The monoisotopic (exact) mass is 531 g/mol. The Hall–Kier alpha value is -4.08. The average molecular weight is 532 g/mol. The minimum atomic E-state index is -4.75. The summed E-state index contributed by atoms with van der Waals surface area (Å²) in [5.41, 5.74) is 1.50. The number of carboxylic acid groups (broad SMARTS) is 1. The van der Waals surface area contributed by atoms with Crippen LogP contribution in [0.15, 0.2) is 30.3 Å². The summed E-state index contributed by atoms with van der Waals surface area (Å²) in [7, 11) is 0. The number of nitrogens with zero attached hydrogens (tertiary/aromatic N) is 5. The molecule has 2 aromatic rings. The van der Waals surface area contributed by atoms with Gasteiger partial charge in [0.15, 0.2) is 0 Å². The van der Waals surface area contributed by atoms with Gasteiger partial charge in [0.1, 0.15) is 17.7 Å². The first-order valence-electron chi connectivity index (χ1n) is 12.4. The topological polar surface area (TPSA) is 134 Å². The van der Waals surface area contributed by atoms with E-state index in [1.165, 1.54) is 6.07 Å². The predicted molar refractivity (Wildman–Crippen MR) is 132 cm³/mol. The van der Waals surface area contributed by atoms with E-state index in [2.05, 4.69) is 20.6 Å². The lowest BCUT2D eigenvalue weighted by atomic mass is 9.97. The fraction of sp³-hybridized carbons (Fsp3) is 0.480. The highest BCUT2D eigenvalue weighted by Gasteiger charge is 2.40. The van der Waals surface area contributed by atoms with Crippen LogP contribution in [0.1, 0.15) is 36.2 Å². The van der Waals surface area contributed by atoms with Crippen LogP contribution < -0.4 is 20.4 Å². The smallest absolute Gasteiger partial charge is 0.451 e. The summed E-state index contributed by atoms with van der Waals surface area (Å²) in [6.07, 6.45) is -3.60. The van der Waals surface area contributed by atoms with Gasteiger partial charge in [-0.05, 0) is 49.3 Å². The first kappa shape index (κ1) is 27.0. The molecule has 0 aliphatic carbocycles. The van der Waals surface area contributed by atoms with Crippen molar-refractivity contribution in [2.24, 2.45) is 5.92 Å². The molecule has 4 rings (SSSR count). The first-order valence-corrected chi connectivity index (χ1v) is 12.4. The third-order valence-corrected chi connectivity index (χ3v) is 6.85. The summed E-state index contributed by atoms with van der Waals surface area (Å²) < 4.78 is 40.9. The standard InChI is InChI=1S/C25H28F3N7O3/c26-25(27,28)23-32-20(34-10-6-18(7-11-34)15-31-24(37)38)13-21(33-23)35-12-8-19(35)22(36)30-9-5-16-1-3-17(14-29)4-2-16/h1-4,13,18-19,31H,5-12,15H2,(H,30,36)(H,37,38). The maximum atomic E-state index is 13.6. The molecule has 3 heterocycles. The van der Waals surface area contributed by atoms with E-state index in [9.17, 15) is 22.8 Å². The molecule has 1 aromatic heterocycles. The number of piperidine rings is 1. The highest BCUT2D eigenvalue weighted by Crippen LogP contribution is 2.34. The van der Waals surface area contributed by atoms with Gasteiger partial charge in [0, 0.05) is 38.8 Å². The Kier molecular flexibility index (Phi) is 8.19. The fourth-order valence-electron chi connectivity index (χ4n) is 4.58. The van der Waals surface area contributed by atoms with Gasteiger partial charge in [0.25, 0.3) is 0 Å². The SMILES string of the molecule is N#Cc1ccc(CCNC(=O)C2CCN2c2cc(N3CCC(CNC(=O)O)CC3)nc(C(F)(F)F)n2)cc1. The maximum absolute atomic E-state index is 13.6. The van der Waals surface area contributed by atoms with Crippen molar-refractivity contribution in [2.45, 2.75) is 37.9 Å². The number of nitriles is 1. The summed E-state index contributed by atoms with van der Waals surface area (Å²) in [4.78, 5) is 34.3. The zero-order chi connectivity index (χ0) is 27.3. The van der Waals surface area contributed by atoms with Crippen molar-refractivity contribution in [1.29, 1.82) is 5.26 Å². The molecule has 0 saturated carbocycles. The van der Waals surface area contributed by atoms with Crippen LogP contribution in [0.3, 0.4) is 0 Å². The van der Waals surface area contributed by atoms with Gasteiger partial charge in [-0.3, -0.25) is 4.79 Å². The molecule has 38 heavy (non-hydrogen) atoms. The Morgan fingerprint density at radius 1 is 1.05 bits per heavy atom. The average Bonchev–Trinajstić information content (AvgIpc) is 2.87. The van der Waals surface area contributed by atoms with E-state index in [1.54, 1.807) is 21.9 Å². The fourth-order valence-corrected chi connectivity index (χ4v) is 4.58. The number of aromatic nitrogens is 2. The van der Waals surface area contributed by atoms with Crippen LogP contribution in [0.25, 0.3) is 0 Å². The zero-order valence-corrected chi connectivity index (χ0v) is 20.5. The van der Waals surface area contributed by atoms with Crippen molar-refractivity contribution >= 4 is 23.6 Å². The molecule has 2 aliphatic heterocycles. The lowest BCUT2D eigenvalue weighted by Gasteiger charge is -2.41. The molecule has 202 valence electrons. The first-order chi connectivity index (χ1) is 18.1. The Morgan fingerprint density at radius 3 is 2.32 bits per heavy atom. The summed E-state index contributed by atoms with van der Waals surface area (Å²) in [5.74, 6) is -1.26. The molecule has 1 aromatic carbocycles. The molecule has 0 spiro atoms. The van der Waals surface area contributed by atoms with Gasteiger partial charge in [0.05, 0.1) is 11.6 Å². The van der Waals surface area contributed by atoms with Crippen molar-refractivity contribution in [3.05, 3.63) is 47.3 Å². The minimum absolute atomic E-state index is 0.0514. The quantitative estimate of drug-likeness (QED) is 0.474. The van der Waals surface area contributed by atoms with E-state index in [-0.39, 0.29) is 23.5 Å². The van der Waals surface area contributed by atoms with Crippen LogP contribution >= 0.6 is 0 Å². The molecule has 13 heteroatoms. The van der Waals surface area contributed by atoms with E-state index in [4.69, 9.17) is 10.4 Å². The second kappa shape index (κ2) is 11.5. The lowest BCUT2D eigenvalue weighted by molar-refractivity contribution is -0.144. The van der Waals surface area contributed by atoms with E-state index in [1.807, 2.05) is 18.2 Å². The molecule has 0 bridgehead atoms. The van der Waals surface area contributed by atoms with E-state index in [0.29, 0.717) is 64.0 Å². The van der Waals surface area contributed by atoms with Crippen molar-refractivity contribution in [3.63, 3.8) is 0 Å². The third-order valence-electron chi connectivity index (χ3n) is 6.85. The van der Waals surface area contributed by atoms with Crippen LogP contribution in [0.4, 0.5) is 29.6 Å². The van der Waals surface area contributed by atoms with Gasteiger partial charge in [-0.15, -0.1) is 0 Å². The molecule has 10 nitrogen and oxygen atoms in total. The van der Waals surface area contributed by atoms with E-state index >= 15 is 0 Å². The van der Waals surface area contributed by atoms with Crippen LogP contribution in [0, 0.1) is 17.2 Å². The van der Waals surface area contributed by atoms with Gasteiger partial charge >= 0.3 is 12.3 Å². The summed E-state index contributed by atoms with van der Waals surface area (Å²) in [5, 5.41) is 22.9. The van der Waals surface area contributed by atoms with Crippen molar-refractivity contribution in [2.75, 3.05) is 42.5 Å². The number of rotatable bonds is 8. The summed E-state index contributed by atoms with van der Waals surface area (Å²) in [6.45, 7) is 1.90. The van der Waals surface area contributed by atoms with Gasteiger partial charge in [-0.25, -0.2) is 14.8 Å². The van der Waals surface area contributed by atoms with Crippen LogP contribution in [0.5, 0.6) is 0 Å². The number of amides is 2. The highest BCUT2D eigenvalue weighted by molar-refractivity contribution is 5.86. The molecule has 2 aliphatic rings. The third kappa shape index (κ3) is 6.62.